The highest BCUT2D eigenvalue weighted by Crippen LogP contribution is 2.13. The van der Waals surface area contributed by atoms with Crippen LogP contribution in [0.2, 0.25) is 0 Å². The zero-order valence-electron chi connectivity index (χ0n) is 10.4. The van der Waals surface area contributed by atoms with Crippen molar-refractivity contribution >= 4 is 23.1 Å². The lowest BCUT2D eigenvalue weighted by Gasteiger charge is -2.12. The standard InChI is InChI=1S/C11H14F3N3O2S/c12-11(13,14)7-15-10(20)17-8-3-1-4-9(16-8)19-6-2-5-18/h1,3-4,18H,2,5-7H2,(H2,15,16,17,20). The number of thiocarbonyl (C=S) groups is 1. The molecule has 1 rings (SSSR count). The molecule has 9 heteroatoms. The van der Waals surface area contributed by atoms with E-state index in [-0.39, 0.29) is 17.5 Å². The summed E-state index contributed by atoms with van der Waals surface area (Å²) in [4.78, 5) is 4.01. The molecule has 1 aromatic heterocycles. The molecule has 5 nitrogen and oxygen atoms in total. The van der Waals surface area contributed by atoms with Crippen LogP contribution in [0.1, 0.15) is 6.42 Å². The zero-order valence-corrected chi connectivity index (χ0v) is 11.2. The summed E-state index contributed by atoms with van der Waals surface area (Å²) in [6, 6.07) is 4.76. The van der Waals surface area contributed by atoms with Crippen molar-refractivity contribution in [3.8, 4) is 5.88 Å². The molecular weight excluding hydrogens is 295 g/mol. The molecule has 0 aliphatic rings. The SMILES string of the molecule is OCCCOc1cccc(NC(=S)NCC(F)(F)F)n1. The second-order valence-electron chi connectivity index (χ2n) is 3.71. The van der Waals surface area contributed by atoms with Gasteiger partial charge in [-0.15, -0.1) is 0 Å². The van der Waals surface area contributed by atoms with Crippen LogP contribution in [0.25, 0.3) is 0 Å². The lowest BCUT2D eigenvalue weighted by molar-refractivity contribution is -0.121. The van der Waals surface area contributed by atoms with Crippen molar-refractivity contribution in [3.05, 3.63) is 18.2 Å². The van der Waals surface area contributed by atoms with Crippen LogP contribution in [0.5, 0.6) is 5.88 Å². The second-order valence-corrected chi connectivity index (χ2v) is 4.12. The topological polar surface area (TPSA) is 66.4 Å². The summed E-state index contributed by atoms with van der Waals surface area (Å²) >= 11 is 4.72. The van der Waals surface area contributed by atoms with E-state index in [2.05, 4.69) is 10.3 Å². The zero-order chi connectivity index (χ0) is 15.0. The predicted molar refractivity (Wildman–Crippen MR) is 71.7 cm³/mol. The van der Waals surface area contributed by atoms with E-state index in [1.54, 1.807) is 18.2 Å². The molecule has 112 valence electrons. The molecule has 0 saturated heterocycles. The molecule has 0 atom stereocenters. The van der Waals surface area contributed by atoms with Crippen molar-refractivity contribution in [2.45, 2.75) is 12.6 Å². The molecule has 0 unspecified atom stereocenters. The van der Waals surface area contributed by atoms with Gasteiger partial charge in [0.25, 0.3) is 0 Å². The monoisotopic (exact) mass is 309 g/mol. The van der Waals surface area contributed by atoms with E-state index >= 15 is 0 Å². The third-order valence-electron chi connectivity index (χ3n) is 1.97. The summed E-state index contributed by atoms with van der Waals surface area (Å²) in [5.74, 6) is 0.563. The highest BCUT2D eigenvalue weighted by molar-refractivity contribution is 7.80. The molecule has 0 radical (unpaired) electrons. The summed E-state index contributed by atoms with van der Waals surface area (Å²) in [5, 5.41) is 13.0. The Morgan fingerprint density at radius 3 is 2.80 bits per heavy atom. The molecule has 0 spiro atoms. The quantitative estimate of drug-likeness (QED) is 0.549. The summed E-state index contributed by atoms with van der Waals surface area (Å²) in [5.41, 5.74) is 0. The number of hydrogen-bond acceptors (Lipinski definition) is 4. The smallest absolute Gasteiger partial charge is 0.405 e. The molecule has 0 fully saturated rings. The number of rotatable bonds is 6. The van der Waals surface area contributed by atoms with Gasteiger partial charge in [0, 0.05) is 19.1 Å². The van der Waals surface area contributed by atoms with Gasteiger partial charge in [-0.2, -0.15) is 18.2 Å². The number of alkyl halides is 3. The fourth-order valence-electron chi connectivity index (χ4n) is 1.15. The molecule has 1 aromatic rings. The first-order chi connectivity index (χ1) is 9.40. The van der Waals surface area contributed by atoms with Gasteiger partial charge in [-0.3, -0.25) is 0 Å². The number of anilines is 1. The van der Waals surface area contributed by atoms with Gasteiger partial charge in [0.2, 0.25) is 5.88 Å². The fourth-order valence-corrected chi connectivity index (χ4v) is 1.32. The van der Waals surface area contributed by atoms with Crippen molar-refractivity contribution in [1.82, 2.24) is 10.3 Å². The number of aromatic nitrogens is 1. The van der Waals surface area contributed by atoms with Crippen molar-refractivity contribution in [3.63, 3.8) is 0 Å². The van der Waals surface area contributed by atoms with Crippen molar-refractivity contribution in [2.75, 3.05) is 25.1 Å². The molecule has 3 N–H and O–H groups in total. The first-order valence-electron chi connectivity index (χ1n) is 5.73. The van der Waals surface area contributed by atoms with Crippen molar-refractivity contribution in [2.24, 2.45) is 0 Å². The Kier molecular flexibility index (Phi) is 6.46. The van der Waals surface area contributed by atoms with E-state index in [1.807, 2.05) is 5.32 Å². The van der Waals surface area contributed by atoms with E-state index in [9.17, 15) is 13.2 Å². The fraction of sp³-hybridized carbons (Fsp3) is 0.455. The predicted octanol–water partition coefficient (Wildman–Crippen LogP) is 1.69. The van der Waals surface area contributed by atoms with Gasteiger partial charge in [0.1, 0.15) is 12.4 Å². The first-order valence-corrected chi connectivity index (χ1v) is 6.14. The van der Waals surface area contributed by atoms with Crippen LogP contribution < -0.4 is 15.4 Å². The van der Waals surface area contributed by atoms with Crippen molar-refractivity contribution < 1.29 is 23.0 Å². The van der Waals surface area contributed by atoms with E-state index in [0.717, 1.165) is 0 Å². The third-order valence-corrected chi connectivity index (χ3v) is 2.21. The number of ether oxygens (including phenoxy) is 1. The van der Waals surface area contributed by atoms with E-state index < -0.39 is 12.7 Å². The number of hydrogen-bond donors (Lipinski definition) is 3. The first kappa shape index (κ1) is 16.4. The lowest BCUT2D eigenvalue weighted by Crippen LogP contribution is -2.36. The Balaban J connectivity index is 2.46. The average molecular weight is 309 g/mol. The highest BCUT2D eigenvalue weighted by atomic mass is 32.1. The summed E-state index contributed by atoms with van der Waals surface area (Å²) in [7, 11) is 0. The Hall–Kier alpha value is -1.61. The van der Waals surface area contributed by atoms with Gasteiger partial charge in [-0.25, -0.2) is 0 Å². The molecule has 0 aromatic carbocycles. The molecule has 0 amide bonds. The second kappa shape index (κ2) is 7.85. The Bertz CT molecular complexity index is 443. The molecule has 0 bridgehead atoms. The van der Waals surface area contributed by atoms with Crippen LogP contribution in [-0.4, -0.2) is 41.1 Å². The minimum absolute atomic E-state index is 0.00336. The van der Waals surface area contributed by atoms with Gasteiger partial charge in [0.05, 0.1) is 6.61 Å². The number of nitrogens with zero attached hydrogens (tertiary/aromatic N) is 1. The van der Waals surface area contributed by atoms with Crippen LogP contribution in [0, 0.1) is 0 Å². The number of pyridine rings is 1. The number of nitrogens with one attached hydrogen (secondary N) is 2. The maximum absolute atomic E-state index is 12.0. The van der Waals surface area contributed by atoms with Crippen LogP contribution in [0.15, 0.2) is 18.2 Å². The summed E-state index contributed by atoms with van der Waals surface area (Å²) < 4.78 is 41.2. The highest BCUT2D eigenvalue weighted by Gasteiger charge is 2.27. The number of halogens is 3. The lowest BCUT2D eigenvalue weighted by atomic mass is 10.4. The summed E-state index contributed by atoms with van der Waals surface area (Å²) in [6.45, 7) is -0.918. The Labute approximate surface area is 119 Å². The maximum Gasteiger partial charge on any atom is 0.405 e. The normalized spacial score (nSPS) is 11.0. The average Bonchev–Trinajstić information content (AvgIpc) is 2.36. The van der Waals surface area contributed by atoms with Gasteiger partial charge in [-0.05, 0) is 18.3 Å². The van der Waals surface area contributed by atoms with Crippen LogP contribution in [0.4, 0.5) is 19.0 Å². The third kappa shape index (κ3) is 7.10. The Morgan fingerprint density at radius 2 is 2.15 bits per heavy atom. The van der Waals surface area contributed by atoms with Crippen LogP contribution in [-0.2, 0) is 0 Å². The molecular formula is C11H14F3N3O2S. The summed E-state index contributed by atoms with van der Waals surface area (Å²) in [6.07, 6.45) is -3.88. The van der Waals surface area contributed by atoms with E-state index in [1.165, 1.54) is 0 Å². The van der Waals surface area contributed by atoms with Crippen LogP contribution >= 0.6 is 12.2 Å². The Morgan fingerprint density at radius 1 is 1.40 bits per heavy atom. The van der Waals surface area contributed by atoms with Gasteiger partial charge in [0.15, 0.2) is 5.11 Å². The van der Waals surface area contributed by atoms with Gasteiger partial charge >= 0.3 is 6.18 Å². The maximum atomic E-state index is 12.0. The largest absolute Gasteiger partial charge is 0.478 e. The van der Waals surface area contributed by atoms with Crippen LogP contribution in [0.3, 0.4) is 0 Å². The molecule has 0 aliphatic heterocycles. The van der Waals surface area contributed by atoms with E-state index in [0.29, 0.717) is 18.9 Å². The minimum atomic E-state index is -4.34. The molecule has 0 aliphatic carbocycles. The van der Waals surface area contributed by atoms with Gasteiger partial charge in [-0.1, -0.05) is 6.07 Å². The van der Waals surface area contributed by atoms with Crippen molar-refractivity contribution in [1.29, 1.82) is 0 Å². The molecule has 0 saturated carbocycles. The molecule has 1 heterocycles. The minimum Gasteiger partial charge on any atom is -0.478 e. The number of aliphatic hydroxyl groups is 1. The van der Waals surface area contributed by atoms with E-state index in [4.69, 9.17) is 22.1 Å². The number of aliphatic hydroxyl groups excluding tert-OH is 1. The molecule has 20 heavy (non-hydrogen) atoms. The van der Waals surface area contributed by atoms with Gasteiger partial charge < -0.3 is 20.5 Å².